The fourth-order valence-corrected chi connectivity index (χ4v) is 1.75. The van der Waals surface area contributed by atoms with E-state index in [1.807, 2.05) is 13.0 Å². The molecule has 1 aromatic rings. The van der Waals surface area contributed by atoms with Crippen molar-refractivity contribution in [2.24, 2.45) is 5.41 Å². The molecular weight excluding hydrogens is 278 g/mol. The average molecular weight is 307 g/mol. The van der Waals surface area contributed by atoms with E-state index in [9.17, 15) is 4.79 Å². The molecular formula is C18H29NO3. The second-order valence-corrected chi connectivity index (χ2v) is 6.60. The predicted molar refractivity (Wildman–Crippen MR) is 89.8 cm³/mol. The molecule has 1 rings (SSSR count). The van der Waals surface area contributed by atoms with Crippen molar-refractivity contribution in [1.82, 2.24) is 5.32 Å². The highest BCUT2D eigenvalue weighted by molar-refractivity contribution is 5.94. The molecule has 0 saturated heterocycles. The highest BCUT2D eigenvalue weighted by Gasteiger charge is 2.15. The van der Waals surface area contributed by atoms with Gasteiger partial charge in [0.25, 0.3) is 5.91 Å². The summed E-state index contributed by atoms with van der Waals surface area (Å²) in [4.78, 5) is 12.2. The number of hydrogen-bond donors (Lipinski definition) is 1. The zero-order valence-electron chi connectivity index (χ0n) is 14.5. The number of benzene rings is 1. The quantitative estimate of drug-likeness (QED) is 0.788. The van der Waals surface area contributed by atoms with Crippen LogP contribution in [0.4, 0.5) is 0 Å². The van der Waals surface area contributed by atoms with Crippen molar-refractivity contribution < 1.29 is 14.3 Å². The van der Waals surface area contributed by atoms with Gasteiger partial charge < -0.3 is 14.8 Å². The third-order valence-electron chi connectivity index (χ3n) is 2.91. The Hall–Kier alpha value is -1.71. The van der Waals surface area contributed by atoms with Crippen molar-refractivity contribution in [1.29, 1.82) is 0 Å². The first-order chi connectivity index (χ1) is 10.4. The predicted octanol–water partition coefficient (Wildman–Crippen LogP) is 4.04. The summed E-state index contributed by atoms with van der Waals surface area (Å²) in [6.07, 6.45) is 1.84. The van der Waals surface area contributed by atoms with Crippen LogP contribution in [0.1, 0.15) is 57.8 Å². The van der Waals surface area contributed by atoms with Gasteiger partial charge in [-0.1, -0.05) is 34.6 Å². The number of hydrogen-bond acceptors (Lipinski definition) is 3. The van der Waals surface area contributed by atoms with Crippen LogP contribution in [0.25, 0.3) is 0 Å². The van der Waals surface area contributed by atoms with E-state index in [0.29, 0.717) is 36.8 Å². The lowest BCUT2D eigenvalue weighted by molar-refractivity contribution is 0.0938. The molecule has 0 aromatic heterocycles. The van der Waals surface area contributed by atoms with Gasteiger partial charge in [0.15, 0.2) is 11.5 Å². The molecule has 0 heterocycles. The molecule has 4 heteroatoms. The molecule has 1 aromatic carbocycles. The number of amides is 1. The summed E-state index contributed by atoms with van der Waals surface area (Å²) in [6.45, 7) is 12.2. The van der Waals surface area contributed by atoms with E-state index in [0.717, 1.165) is 12.8 Å². The monoisotopic (exact) mass is 307 g/mol. The molecule has 22 heavy (non-hydrogen) atoms. The van der Waals surface area contributed by atoms with Crippen LogP contribution < -0.4 is 14.8 Å². The number of carbonyl (C=O) groups is 1. The minimum Gasteiger partial charge on any atom is -0.490 e. The second kappa shape index (κ2) is 8.66. The first-order valence-corrected chi connectivity index (χ1v) is 8.05. The lowest BCUT2D eigenvalue weighted by atomic mass is 9.97. The molecule has 1 amide bonds. The summed E-state index contributed by atoms with van der Waals surface area (Å²) in [5, 5.41) is 2.95. The minimum atomic E-state index is -0.0849. The average Bonchev–Trinajstić information content (AvgIpc) is 2.48. The number of ether oxygens (including phenoxy) is 2. The van der Waals surface area contributed by atoms with Gasteiger partial charge >= 0.3 is 0 Å². The molecule has 4 nitrogen and oxygen atoms in total. The fourth-order valence-electron chi connectivity index (χ4n) is 1.75. The summed E-state index contributed by atoms with van der Waals surface area (Å²) in [7, 11) is 0. The Kier molecular flexibility index (Phi) is 7.22. The standard InChI is InChI=1S/C18H29NO3/c1-6-10-21-15-9-8-14(12-16(15)22-11-7-2)17(20)19-13-18(3,4)5/h8-9,12H,6-7,10-11,13H2,1-5H3,(H,19,20). The molecule has 0 aliphatic carbocycles. The van der Waals surface area contributed by atoms with Crippen molar-refractivity contribution in [2.75, 3.05) is 19.8 Å². The van der Waals surface area contributed by atoms with E-state index >= 15 is 0 Å². The molecule has 0 aliphatic heterocycles. The summed E-state index contributed by atoms with van der Waals surface area (Å²) in [6, 6.07) is 5.35. The first kappa shape index (κ1) is 18.3. The van der Waals surface area contributed by atoms with Crippen LogP contribution in [-0.2, 0) is 0 Å². The Bertz CT molecular complexity index is 478. The fraction of sp³-hybridized carbons (Fsp3) is 0.611. The molecule has 124 valence electrons. The molecule has 1 N–H and O–H groups in total. The van der Waals surface area contributed by atoms with Crippen molar-refractivity contribution in [3.05, 3.63) is 23.8 Å². The van der Waals surface area contributed by atoms with Crippen LogP contribution in [0, 0.1) is 5.41 Å². The van der Waals surface area contributed by atoms with E-state index in [-0.39, 0.29) is 11.3 Å². The van der Waals surface area contributed by atoms with E-state index in [1.165, 1.54) is 0 Å². The van der Waals surface area contributed by atoms with Gasteiger partial charge in [0.05, 0.1) is 13.2 Å². The minimum absolute atomic E-state index is 0.0569. The maximum Gasteiger partial charge on any atom is 0.251 e. The maximum absolute atomic E-state index is 12.2. The summed E-state index contributed by atoms with van der Waals surface area (Å²) in [5.74, 6) is 1.25. The van der Waals surface area contributed by atoms with Crippen molar-refractivity contribution in [3.63, 3.8) is 0 Å². The summed E-state index contributed by atoms with van der Waals surface area (Å²) < 4.78 is 11.4. The molecule has 0 bridgehead atoms. The van der Waals surface area contributed by atoms with Crippen molar-refractivity contribution in [2.45, 2.75) is 47.5 Å². The highest BCUT2D eigenvalue weighted by Crippen LogP contribution is 2.29. The van der Waals surface area contributed by atoms with Crippen molar-refractivity contribution in [3.8, 4) is 11.5 Å². The molecule has 0 fully saturated rings. The molecule has 0 atom stereocenters. The third-order valence-corrected chi connectivity index (χ3v) is 2.91. The zero-order valence-corrected chi connectivity index (χ0v) is 14.5. The van der Waals surface area contributed by atoms with E-state index in [2.05, 4.69) is 33.0 Å². The van der Waals surface area contributed by atoms with Crippen LogP contribution in [0.3, 0.4) is 0 Å². The van der Waals surface area contributed by atoms with Crippen LogP contribution in [0.15, 0.2) is 18.2 Å². The molecule has 0 saturated carbocycles. The van der Waals surface area contributed by atoms with Gasteiger partial charge in [0.2, 0.25) is 0 Å². The summed E-state index contributed by atoms with van der Waals surface area (Å²) >= 11 is 0. The van der Waals surface area contributed by atoms with E-state index in [4.69, 9.17) is 9.47 Å². The summed E-state index contributed by atoms with van der Waals surface area (Å²) in [5.41, 5.74) is 0.653. The van der Waals surface area contributed by atoms with Gasteiger partial charge in [0.1, 0.15) is 0 Å². The Labute approximate surface area is 134 Å². The van der Waals surface area contributed by atoms with Crippen LogP contribution >= 0.6 is 0 Å². The van der Waals surface area contributed by atoms with Gasteiger partial charge in [-0.15, -0.1) is 0 Å². The maximum atomic E-state index is 12.2. The topological polar surface area (TPSA) is 47.6 Å². The number of nitrogens with one attached hydrogen (secondary N) is 1. The first-order valence-electron chi connectivity index (χ1n) is 8.05. The molecule has 0 unspecified atom stereocenters. The van der Waals surface area contributed by atoms with Crippen LogP contribution in [0.5, 0.6) is 11.5 Å². The van der Waals surface area contributed by atoms with Gasteiger partial charge in [-0.25, -0.2) is 0 Å². The molecule has 0 radical (unpaired) electrons. The second-order valence-electron chi connectivity index (χ2n) is 6.60. The lowest BCUT2D eigenvalue weighted by Gasteiger charge is -2.19. The largest absolute Gasteiger partial charge is 0.490 e. The molecule has 0 aliphatic rings. The zero-order chi connectivity index (χ0) is 16.6. The van der Waals surface area contributed by atoms with Gasteiger partial charge in [-0.05, 0) is 36.5 Å². The number of rotatable bonds is 8. The number of carbonyl (C=O) groups excluding carboxylic acids is 1. The highest BCUT2D eigenvalue weighted by atomic mass is 16.5. The van der Waals surface area contributed by atoms with E-state index < -0.39 is 0 Å². The Morgan fingerprint density at radius 1 is 1.05 bits per heavy atom. The van der Waals surface area contributed by atoms with E-state index in [1.54, 1.807) is 12.1 Å². The smallest absolute Gasteiger partial charge is 0.251 e. The van der Waals surface area contributed by atoms with Gasteiger partial charge in [0, 0.05) is 12.1 Å². The van der Waals surface area contributed by atoms with Gasteiger partial charge in [-0.2, -0.15) is 0 Å². The Morgan fingerprint density at radius 3 is 2.18 bits per heavy atom. The Morgan fingerprint density at radius 2 is 1.64 bits per heavy atom. The Balaban J connectivity index is 2.84. The lowest BCUT2D eigenvalue weighted by Crippen LogP contribution is -2.32. The van der Waals surface area contributed by atoms with Crippen molar-refractivity contribution >= 4 is 5.91 Å². The third kappa shape index (κ3) is 6.37. The SMILES string of the molecule is CCCOc1ccc(C(=O)NCC(C)(C)C)cc1OCCC. The van der Waals surface area contributed by atoms with Gasteiger partial charge in [-0.3, -0.25) is 4.79 Å². The van der Waals surface area contributed by atoms with Crippen LogP contribution in [0.2, 0.25) is 0 Å². The normalized spacial score (nSPS) is 11.1. The van der Waals surface area contributed by atoms with Crippen LogP contribution in [-0.4, -0.2) is 25.7 Å². The molecule has 0 spiro atoms.